The number of carbonyl (C=O) groups is 2. The number of rotatable bonds is 5. The second kappa shape index (κ2) is 7.29. The van der Waals surface area contributed by atoms with Gasteiger partial charge in [0.2, 0.25) is 11.8 Å². The Bertz CT molecular complexity index is 653. The number of aromatic nitrogens is 1. The molecule has 1 aromatic heterocycles. The number of hydrogen-bond donors (Lipinski definition) is 2. The standard InChI is InChI=1S/C16H21N5O3/c1-2-24-15-5-3-4-13(18-15)21-8-6-11(7-9-21)17-16(23)12-10-14(22)20-19-12/h3-5,11H,2,6-10H2,1H3,(H,17,23)(H,20,22). The highest BCUT2D eigenvalue weighted by atomic mass is 16.5. The number of pyridine rings is 1. The molecule has 2 amide bonds. The largest absolute Gasteiger partial charge is 0.478 e. The van der Waals surface area contributed by atoms with E-state index in [-0.39, 0.29) is 30.0 Å². The number of nitrogens with one attached hydrogen (secondary N) is 2. The first-order valence-corrected chi connectivity index (χ1v) is 8.16. The van der Waals surface area contributed by atoms with Gasteiger partial charge in [-0.3, -0.25) is 9.59 Å². The molecular formula is C16H21N5O3. The number of nitrogens with zero attached hydrogens (tertiary/aromatic N) is 3. The third-order valence-electron chi connectivity index (χ3n) is 4.06. The lowest BCUT2D eigenvalue weighted by atomic mass is 10.0. The van der Waals surface area contributed by atoms with Crippen molar-refractivity contribution < 1.29 is 14.3 Å². The Labute approximate surface area is 140 Å². The molecule has 3 rings (SSSR count). The highest BCUT2D eigenvalue weighted by Gasteiger charge is 2.26. The Balaban J connectivity index is 1.51. The van der Waals surface area contributed by atoms with Crippen LogP contribution in [0.1, 0.15) is 26.2 Å². The van der Waals surface area contributed by atoms with Crippen molar-refractivity contribution in [3.63, 3.8) is 0 Å². The molecule has 1 saturated heterocycles. The van der Waals surface area contributed by atoms with Gasteiger partial charge < -0.3 is 15.0 Å². The van der Waals surface area contributed by atoms with Gasteiger partial charge in [-0.2, -0.15) is 10.1 Å². The maximum atomic E-state index is 12.1. The molecule has 0 radical (unpaired) electrons. The Morgan fingerprint density at radius 1 is 1.42 bits per heavy atom. The average Bonchev–Trinajstić information content (AvgIpc) is 3.03. The van der Waals surface area contributed by atoms with Crippen LogP contribution >= 0.6 is 0 Å². The average molecular weight is 331 g/mol. The van der Waals surface area contributed by atoms with Crippen LogP contribution < -0.4 is 20.4 Å². The van der Waals surface area contributed by atoms with Crippen molar-refractivity contribution in [3.05, 3.63) is 18.2 Å². The first-order chi connectivity index (χ1) is 11.7. The molecule has 0 saturated carbocycles. The molecule has 2 N–H and O–H groups in total. The van der Waals surface area contributed by atoms with E-state index in [1.54, 1.807) is 0 Å². The van der Waals surface area contributed by atoms with Crippen LogP contribution in [0, 0.1) is 0 Å². The zero-order valence-electron chi connectivity index (χ0n) is 13.6. The summed E-state index contributed by atoms with van der Waals surface area (Å²) in [4.78, 5) is 29.8. The van der Waals surface area contributed by atoms with E-state index >= 15 is 0 Å². The highest BCUT2D eigenvalue weighted by molar-refractivity contribution is 6.43. The lowest BCUT2D eigenvalue weighted by Crippen LogP contribution is -2.46. The number of amides is 2. The normalized spacial score (nSPS) is 18.1. The van der Waals surface area contributed by atoms with Crippen LogP contribution in [0.15, 0.2) is 23.3 Å². The first kappa shape index (κ1) is 16.2. The third kappa shape index (κ3) is 3.81. The molecule has 1 aromatic rings. The summed E-state index contributed by atoms with van der Waals surface area (Å²) in [7, 11) is 0. The summed E-state index contributed by atoms with van der Waals surface area (Å²) in [5.41, 5.74) is 2.55. The smallest absolute Gasteiger partial charge is 0.268 e. The van der Waals surface area contributed by atoms with Crippen LogP contribution in [0.3, 0.4) is 0 Å². The fourth-order valence-electron chi connectivity index (χ4n) is 2.82. The number of carbonyl (C=O) groups excluding carboxylic acids is 2. The number of piperidine rings is 1. The van der Waals surface area contributed by atoms with Gasteiger partial charge in [0.05, 0.1) is 13.0 Å². The van der Waals surface area contributed by atoms with Crippen molar-refractivity contribution >= 4 is 23.3 Å². The van der Waals surface area contributed by atoms with Gasteiger partial charge in [0.15, 0.2) is 0 Å². The van der Waals surface area contributed by atoms with Crippen molar-refractivity contribution in [2.45, 2.75) is 32.2 Å². The molecule has 0 aromatic carbocycles. The lowest BCUT2D eigenvalue weighted by molar-refractivity contribution is -0.120. The van der Waals surface area contributed by atoms with E-state index in [0.29, 0.717) is 12.5 Å². The van der Waals surface area contributed by atoms with E-state index in [1.807, 2.05) is 25.1 Å². The Hall–Kier alpha value is -2.64. The Morgan fingerprint density at radius 2 is 2.21 bits per heavy atom. The Morgan fingerprint density at radius 3 is 2.88 bits per heavy atom. The van der Waals surface area contributed by atoms with Gasteiger partial charge >= 0.3 is 0 Å². The van der Waals surface area contributed by atoms with Crippen LogP contribution in [0.5, 0.6) is 5.88 Å². The minimum atomic E-state index is -0.261. The van der Waals surface area contributed by atoms with Crippen molar-refractivity contribution in [1.82, 2.24) is 15.7 Å². The number of anilines is 1. The maximum Gasteiger partial charge on any atom is 0.268 e. The molecule has 3 heterocycles. The van der Waals surface area contributed by atoms with Gasteiger partial charge in [0.25, 0.3) is 5.91 Å². The zero-order valence-corrected chi connectivity index (χ0v) is 13.6. The van der Waals surface area contributed by atoms with Gasteiger partial charge in [-0.05, 0) is 25.8 Å². The molecule has 0 aliphatic carbocycles. The third-order valence-corrected chi connectivity index (χ3v) is 4.06. The van der Waals surface area contributed by atoms with Gasteiger partial charge in [0, 0.05) is 25.2 Å². The zero-order chi connectivity index (χ0) is 16.9. The summed E-state index contributed by atoms with van der Waals surface area (Å²) in [5, 5.41) is 6.69. The lowest BCUT2D eigenvalue weighted by Gasteiger charge is -2.33. The predicted molar refractivity (Wildman–Crippen MR) is 89.0 cm³/mol. The molecular weight excluding hydrogens is 310 g/mol. The second-order valence-corrected chi connectivity index (χ2v) is 5.77. The van der Waals surface area contributed by atoms with Crippen LogP contribution in [-0.4, -0.2) is 48.2 Å². The van der Waals surface area contributed by atoms with Crippen molar-refractivity contribution in [2.24, 2.45) is 5.10 Å². The van der Waals surface area contributed by atoms with Crippen molar-refractivity contribution in [3.8, 4) is 5.88 Å². The van der Waals surface area contributed by atoms with Gasteiger partial charge in [-0.15, -0.1) is 0 Å². The summed E-state index contributed by atoms with van der Waals surface area (Å²) in [6, 6.07) is 5.83. The fourth-order valence-corrected chi connectivity index (χ4v) is 2.82. The first-order valence-electron chi connectivity index (χ1n) is 8.16. The summed E-state index contributed by atoms with van der Waals surface area (Å²) in [6.45, 7) is 4.13. The minimum absolute atomic E-state index is 0.0544. The van der Waals surface area contributed by atoms with Crippen molar-refractivity contribution in [1.29, 1.82) is 0 Å². The van der Waals surface area contributed by atoms with E-state index in [9.17, 15) is 9.59 Å². The number of ether oxygens (including phenoxy) is 1. The summed E-state index contributed by atoms with van der Waals surface area (Å²) >= 11 is 0. The second-order valence-electron chi connectivity index (χ2n) is 5.77. The van der Waals surface area contributed by atoms with E-state index in [1.165, 1.54) is 0 Å². The SMILES string of the molecule is CCOc1cccc(N2CCC(NC(=O)C3=NNC(=O)C3)CC2)n1. The van der Waals surface area contributed by atoms with E-state index in [2.05, 4.69) is 25.7 Å². The summed E-state index contributed by atoms with van der Waals surface area (Å²) in [6.07, 6.45) is 1.70. The topological polar surface area (TPSA) is 95.9 Å². The fraction of sp³-hybridized carbons (Fsp3) is 0.500. The van der Waals surface area contributed by atoms with Crippen LogP contribution in [0.2, 0.25) is 0 Å². The molecule has 0 bridgehead atoms. The van der Waals surface area contributed by atoms with Crippen LogP contribution in [0.25, 0.3) is 0 Å². The van der Waals surface area contributed by atoms with Crippen molar-refractivity contribution in [2.75, 3.05) is 24.6 Å². The number of hydrazone groups is 1. The molecule has 0 atom stereocenters. The molecule has 1 fully saturated rings. The van der Waals surface area contributed by atoms with E-state index < -0.39 is 0 Å². The van der Waals surface area contributed by atoms with Gasteiger partial charge in [-0.25, -0.2) is 5.43 Å². The summed E-state index contributed by atoms with van der Waals surface area (Å²) in [5.74, 6) is 1.01. The predicted octanol–water partition coefficient (Wildman–Crippen LogP) is 0.441. The Kier molecular flexibility index (Phi) is 4.93. The number of hydrogen-bond acceptors (Lipinski definition) is 6. The maximum absolute atomic E-state index is 12.1. The highest BCUT2D eigenvalue weighted by Crippen LogP contribution is 2.20. The molecule has 0 unspecified atom stereocenters. The van der Waals surface area contributed by atoms with Gasteiger partial charge in [-0.1, -0.05) is 6.07 Å². The van der Waals surface area contributed by atoms with E-state index in [0.717, 1.165) is 31.7 Å². The summed E-state index contributed by atoms with van der Waals surface area (Å²) < 4.78 is 5.44. The molecule has 2 aliphatic heterocycles. The van der Waals surface area contributed by atoms with Gasteiger partial charge in [0.1, 0.15) is 11.5 Å². The molecule has 8 heteroatoms. The van der Waals surface area contributed by atoms with E-state index in [4.69, 9.17) is 4.74 Å². The monoisotopic (exact) mass is 331 g/mol. The molecule has 2 aliphatic rings. The van der Waals surface area contributed by atoms with Crippen LogP contribution in [0.4, 0.5) is 5.82 Å². The quantitative estimate of drug-likeness (QED) is 0.816. The van der Waals surface area contributed by atoms with Crippen LogP contribution in [-0.2, 0) is 9.59 Å². The molecule has 8 nitrogen and oxygen atoms in total. The molecule has 0 spiro atoms. The molecule has 128 valence electrons. The molecule has 24 heavy (non-hydrogen) atoms. The minimum Gasteiger partial charge on any atom is -0.478 e.